The standard InChI is InChI=1S/C9H16N2O3/c10-8(12)3-5-11-4-1-2-7(6-11)9(13)14/h7H,1-6H2,(H2,10,12)(H,13,14)/t7-/m1/s1. The van der Waals surface area contributed by atoms with Gasteiger partial charge in [0.2, 0.25) is 5.91 Å². The van der Waals surface area contributed by atoms with Gasteiger partial charge in [0.25, 0.3) is 0 Å². The maximum Gasteiger partial charge on any atom is 0.223 e. The third-order valence-electron chi connectivity index (χ3n) is 2.68. The molecule has 1 fully saturated rings. The third kappa shape index (κ3) is 3.33. The van der Waals surface area contributed by atoms with Crippen molar-refractivity contribution in [3.05, 3.63) is 0 Å². The molecule has 3 N–H and O–H groups in total. The van der Waals surface area contributed by atoms with E-state index >= 15 is 0 Å². The minimum absolute atomic E-state index is 0.326. The quantitative estimate of drug-likeness (QED) is 0.504. The van der Waals surface area contributed by atoms with Crippen LogP contribution in [0.3, 0.4) is 0 Å². The summed E-state index contributed by atoms with van der Waals surface area (Å²) in [7, 11) is 0. The molecule has 5 heteroatoms. The fourth-order valence-electron chi connectivity index (χ4n) is 1.88. The zero-order chi connectivity index (χ0) is 10.6. The summed E-state index contributed by atoms with van der Waals surface area (Å²) in [5, 5.41) is 10.6. The van der Waals surface area contributed by atoms with E-state index in [1.807, 2.05) is 0 Å². The molecule has 0 aromatic carbocycles. The first-order valence-corrected chi connectivity index (χ1v) is 4.92. The van der Waals surface area contributed by atoms with Crippen molar-refractivity contribution in [2.24, 2.45) is 11.7 Å². The van der Waals surface area contributed by atoms with Crippen LogP contribution in [0.2, 0.25) is 0 Å². The Morgan fingerprint density at radius 3 is 2.79 bits per heavy atom. The van der Waals surface area contributed by atoms with Gasteiger partial charge in [-0.05, 0) is 12.8 Å². The molecule has 0 bridgehead atoms. The highest BCUT2D eigenvalue weighted by atomic mass is 16.4. The molecule has 5 nitrogen and oxygen atoms in total. The molecule has 1 amide bonds. The van der Waals surface area contributed by atoms with Gasteiger partial charge in [0.1, 0.15) is 0 Å². The molecule has 0 aromatic rings. The summed E-state index contributed by atoms with van der Waals surface area (Å²) in [5.74, 6) is -1.65. The largest absolute Gasteiger partial charge is 0.550 e. The average Bonchev–Trinajstić information content (AvgIpc) is 2.15. The topological polar surface area (TPSA) is 87.7 Å². The van der Waals surface area contributed by atoms with Crippen LogP contribution in [-0.2, 0) is 9.59 Å². The summed E-state index contributed by atoms with van der Waals surface area (Å²) in [6, 6.07) is 0. The highest BCUT2D eigenvalue weighted by Gasteiger charge is 2.23. The number of primary amides is 1. The number of nitrogens with two attached hydrogens (primary N) is 1. The van der Waals surface area contributed by atoms with Gasteiger partial charge in [-0.1, -0.05) is 0 Å². The summed E-state index contributed by atoms with van der Waals surface area (Å²) in [6.45, 7) is 2.13. The summed E-state index contributed by atoms with van der Waals surface area (Å²) < 4.78 is 0. The highest BCUT2D eigenvalue weighted by Crippen LogP contribution is 2.05. The van der Waals surface area contributed by atoms with E-state index in [1.165, 1.54) is 0 Å². The Morgan fingerprint density at radius 2 is 2.21 bits per heavy atom. The maximum absolute atomic E-state index is 10.6. The molecule has 1 unspecified atom stereocenters. The number of carbonyl (C=O) groups excluding carboxylic acids is 2. The second-order valence-electron chi connectivity index (χ2n) is 3.83. The monoisotopic (exact) mass is 200 g/mol. The summed E-state index contributed by atoms with van der Waals surface area (Å²) >= 11 is 0. The molecule has 80 valence electrons. The molecule has 0 radical (unpaired) electrons. The van der Waals surface area contributed by atoms with E-state index in [0.29, 0.717) is 25.9 Å². The SMILES string of the molecule is NC(=O)CC[NH+]1CCC[C@@H](C(=O)[O-])C1. The van der Waals surface area contributed by atoms with Crippen LogP contribution >= 0.6 is 0 Å². The zero-order valence-electron chi connectivity index (χ0n) is 8.12. The van der Waals surface area contributed by atoms with Crippen LogP contribution in [0.5, 0.6) is 0 Å². The first-order chi connectivity index (χ1) is 6.59. The second-order valence-corrected chi connectivity index (χ2v) is 3.83. The van der Waals surface area contributed by atoms with Crippen molar-refractivity contribution in [3.8, 4) is 0 Å². The predicted molar refractivity (Wildman–Crippen MR) is 47.1 cm³/mol. The van der Waals surface area contributed by atoms with Crippen LogP contribution in [0.1, 0.15) is 19.3 Å². The molecule has 0 spiro atoms. The van der Waals surface area contributed by atoms with E-state index in [1.54, 1.807) is 0 Å². The smallest absolute Gasteiger partial charge is 0.223 e. The van der Waals surface area contributed by atoms with E-state index < -0.39 is 5.97 Å². The van der Waals surface area contributed by atoms with Crippen LogP contribution in [0.4, 0.5) is 0 Å². The first-order valence-electron chi connectivity index (χ1n) is 4.92. The van der Waals surface area contributed by atoms with E-state index in [2.05, 4.69) is 0 Å². The van der Waals surface area contributed by atoms with Gasteiger partial charge < -0.3 is 20.5 Å². The molecule has 0 aromatic heterocycles. The number of quaternary nitrogens is 1. The maximum atomic E-state index is 10.6. The van der Waals surface area contributed by atoms with Gasteiger partial charge in [0.05, 0.1) is 32.0 Å². The van der Waals surface area contributed by atoms with Crippen molar-refractivity contribution in [2.45, 2.75) is 19.3 Å². The number of piperidine rings is 1. The fraction of sp³-hybridized carbons (Fsp3) is 0.778. The zero-order valence-corrected chi connectivity index (χ0v) is 8.12. The van der Waals surface area contributed by atoms with Gasteiger partial charge in [-0.15, -0.1) is 0 Å². The minimum atomic E-state index is -0.971. The number of amides is 1. The minimum Gasteiger partial charge on any atom is -0.550 e. The molecule has 1 rings (SSSR count). The molecule has 2 atom stereocenters. The van der Waals surface area contributed by atoms with E-state index in [9.17, 15) is 14.7 Å². The van der Waals surface area contributed by atoms with Gasteiger partial charge >= 0.3 is 0 Å². The lowest BCUT2D eigenvalue weighted by atomic mass is 9.98. The summed E-state index contributed by atoms with van der Waals surface area (Å²) in [5.41, 5.74) is 5.02. The molecule has 0 saturated carbocycles. The predicted octanol–water partition coefficient (Wildman–Crippen LogP) is -3.09. The van der Waals surface area contributed by atoms with Crippen LogP contribution < -0.4 is 15.7 Å². The Morgan fingerprint density at radius 1 is 1.50 bits per heavy atom. The Balaban J connectivity index is 2.32. The Bertz CT molecular complexity index is 230. The number of carbonyl (C=O) groups is 2. The Hall–Kier alpha value is -1.10. The van der Waals surface area contributed by atoms with Crippen LogP contribution in [0.25, 0.3) is 0 Å². The summed E-state index contributed by atoms with van der Waals surface area (Å²) in [6.07, 6.45) is 1.91. The number of rotatable bonds is 4. The molecule has 1 aliphatic rings. The number of nitrogens with one attached hydrogen (secondary N) is 1. The second kappa shape index (κ2) is 4.95. The van der Waals surface area contributed by atoms with Gasteiger partial charge in [0, 0.05) is 5.92 Å². The first kappa shape index (κ1) is 11.0. The van der Waals surface area contributed by atoms with Crippen molar-refractivity contribution in [1.82, 2.24) is 0 Å². The van der Waals surface area contributed by atoms with Gasteiger partial charge in [0.15, 0.2) is 0 Å². The number of hydrogen-bond acceptors (Lipinski definition) is 3. The van der Waals surface area contributed by atoms with Gasteiger partial charge in [-0.25, -0.2) is 0 Å². The lowest BCUT2D eigenvalue weighted by Gasteiger charge is -2.30. The highest BCUT2D eigenvalue weighted by molar-refractivity contribution is 5.73. The molecular formula is C9H16N2O3. The number of hydrogen-bond donors (Lipinski definition) is 2. The average molecular weight is 200 g/mol. The Kier molecular flexibility index (Phi) is 3.88. The van der Waals surface area contributed by atoms with Gasteiger partial charge in [-0.2, -0.15) is 0 Å². The molecular weight excluding hydrogens is 184 g/mol. The molecule has 1 heterocycles. The van der Waals surface area contributed by atoms with Crippen LogP contribution in [-0.4, -0.2) is 31.5 Å². The van der Waals surface area contributed by atoms with Gasteiger partial charge in [-0.3, -0.25) is 4.79 Å². The number of carboxylic acids is 1. The fourth-order valence-corrected chi connectivity index (χ4v) is 1.88. The van der Waals surface area contributed by atoms with Crippen LogP contribution in [0, 0.1) is 5.92 Å². The molecule has 14 heavy (non-hydrogen) atoms. The normalized spacial score (nSPS) is 27.1. The van der Waals surface area contributed by atoms with Crippen molar-refractivity contribution in [1.29, 1.82) is 0 Å². The Labute approximate surface area is 82.9 Å². The van der Waals surface area contributed by atoms with Crippen molar-refractivity contribution < 1.29 is 19.6 Å². The number of carboxylic acid groups (broad SMARTS) is 1. The van der Waals surface area contributed by atoms with E-state index in [-0.39, 0.29) is 11.8 Å². The van der Waals surface area contributed by atoms with E-state index in [4.69, 9.17) is 5.73 Å². The van der Waals surface area contributed by atoms with Crippen molar-refractivity contribution >= 4 is 11.9 Å². The molecule has 1 saturated heterocycles. The van der Waals surface area contributed by atoms with E-state index in [0.717, 1.165) is 17.9 Å². The van der Waals surface area contributed by atoms with Crippen molar-refractivity contribution in [2.75, 3.05) is 19.6 Å². The molecule has 1 aliphatic heterocycles. The number of aliphatic carboxylic acids is 1. The van der Waals surface area contributed by atoms with Crippen molar-refractivity contribution in [3.63, 3.8) is 0 Å². The molecule has 0 aliphatic carbocycles. The third-order valence-corrected chi connectivity index (χ3v) is 2.68. The summed E-state index contributed by atoms with van der Waals surface area (Å²) in [4.78, 5) is 22.3. The lowest BCUT2D eigenvalue weighted by Crippen LogP contribution is -3.14. The van der Waals surface area contributed by atoms with Crippen LogP contribution in [0.15, 0.2) is 0 Å². The number of likely N-dealkylation sites (tertiary alicyclic amines) is 1. The lowest BCUT2D eigenvalue weighted by molar-refractivity contribution is -0.907.